The van der Waals surface area contributed by atoms with Gasteiger partial charge in [-0.3, -0.25) is 9.88 Å². The lowest BCUT2D eigenvalue weighted by Gasteiger charge is -2.40. The minimum Gasteiger partial charge on any atom is -0.354 e. The van der Waals surface area contributed by atoms with Gasteiger partial charge in [0, 0.05) is 55.8 Å². The number of hydrogen-bond acceptors (Lipinski definition) is 5. The van der Waals surface area contributed by atoms with Crippen LogP contribution in [0.25, 0.3) is 22.4 Å². The van der Waals surface area contributed by atoms with E-state index in [4.69, 9.17) is 9.97 Å². The Morgan fingerprint density at radius 1 is 0.605 bits per heavy atom. The van der Waals surface area contributed by atoms with Crippen molar-refractivity contribution >= 4 is 5.82 Å². The summed E-state index contributed by atoms with van der Waals surface area (Å²) in [7, 11) is 0. The number of anilines is 1. The van der Waals surface area contributed by atoms with E-state index in [1.165, 1.54) is 11.1 Å². The van der Waals surface area contributed by atoms with Crippen LogP contribution in [0.4, 0.5) is 5.82 Å². The fourth-order valence-electron chi connectivity index (χ4n) is 5.32. The Hall–Kier alpha value is -4.35. The smallest absolute Gasteiger partial charge is 0.132 e. The van der Waals surface area contributed by atoms with Gasteiger partial charge in [-0.05, 0) is 29.7 Å². The van der Waals surface area contributed by atoms with Crippen LogP contribution >= 0.6 is 0 Å². The topological polar surface area (TPSA) is 45.2 Å². The van der Waals surface area contributed by atoms with Crippen LogP contribution in [-0.4, -0.2) is 46.0 Å². The molecular formula is C33H31N5. The summed E-state index contributed by atoms with van der Waals surface area (Å²) in [6.45, 7) is 5.71. The molecule has 1 aliphatic rings. The predicted molar refractivity (Wildman–Crippen MR) is 154 cm³/mol. The number of hydrogen-bond donors (Lipinski definition) is 0. The Kier molecular flexibility index (Phi) is 6.92. The zero-order valence-corrected chi connectivity index (χ0v) is 21.6. The van der Waals surface area contributed by atoms with Crippen molar-refractivity contribution in [2.45, 2.75) is 13.0 Å². The summed E-state index contributed by atoms with van der Waals surface area (Å²) in [6, 6.07) is 36.5. The van der Waals surface area contributed by atoms with Gasteiger partial charge in [-0.1, -0.05) is 91.0 Å². The second kappa shape index (κ2) is 11.0. The summed E-state index contributed by atoms with van der Waals surface area (Å²) in [5, 5.41) is 0. The standard InChI is InChI=1S/C33H31N5/c1-25-35-31(30-21-29(23-34-24-30)26-11-5-2-6-12-26)22-32(36-25)37-17-19-38(20-18-37)33(27-13-7-3-8-14-27)28-15-9-4-10-16-28/h2-16,21-24,33H,17-20H2,1H3. The molecule has 0 saturated carbocycles. The number of aryl methyl sites for hydroxylation is 1. The summed E-state index contributed by atoms with van der Waals surface area (Å²) < 4.78 is 0. The normalized spacial score (nSPS) is 14.1. The first-order valence-electron chi connectivity index (χ1n) is 13.2. The molecule has 0 atom stereocenters. The van der Waals surface area contributed by atoms with Crippen molar-refractivity contribution in [1.29, 1.82) is 0 Å². The molecule has 0 N–H and O–H groups in total. The Balaban J connectivity index is 1.23. The average Bonchev–Trinajstić information content (AvgIpc) is 2.99. The third-order valence-corrected chi connectivity index (χ3v) is 7.20. The van der Waals surface area contributed by atoms with E-state index >= 15 is 0 Å². The van der Waals surface area contributed by atoms with Gasteiger partial charge in [0.1, 0.15) is 11.6 Å². The molecule has 0 unspecified atom stereocenters. The monoisotopic (exact) mass is 497 g/mol. The van der Waals surface area contributed by atoms with Crippen molar-refractivity contribution in [2.75, 3.05) is 31.1 Å². The highest BCUT2D eigenvalue weighted by atomic mass is 15.3. The van der Waals surface area contributed by atoms with Gasteiger partial charge >= 0.3 is 0 Å². The second-order valence-electron chi connectivity index (χ2n) is 9.73. The van der Waals surface area contributed by atoms with Gasteiger partial charge < -0.3 is 4.90 Å². The number of rotatable bonds is 6. The van der Waals surface area contributed by atoms with Gasteiger partial charge in [-0.2, -0.15) is 0 Å². The zero-order valence-electron chi connectivity index (χ0n) is 21.6. The zero-order chi connectivity index (χ0) is 25.7. The van der Waals surface area contributed by atoms with Gasteiger partial charge in [0.05, 0.1) is 11.7 Å². The maximum Gasteiger partial charge on any atom is 0.132 e. The van der Waals surface area contributed by atoms with Gasteiger partial charge in [0.15, 0.2) is 0 Å². The van der Waals surface area contributed by atoms with Gasteiger partial charge in [-0.15, -0.1) is 0 Å². The number of pyridine rings is 1. The molecule has 0 radical (unpaired) electrons. The lowest BCUT2D eigenvalue weighted by atomic mass is 9.96. The lowest BCUT2D eigenvalue weighted by molar-refractivity contribution is 0.212. The molecule has 188 valence electrons. The van der Waals surface area contributed by atoms with Crippen molar-refractivity contribution in [2.24, 2.45) is 0 Å². The van der Waals surface area contributed by atoms with Crippen LogP contribution in [0.15, 0.2) is 116 Å². The molecule has 0 spiro atoms. The third kappa shape index (κ3) is 5.20. The highest BCUT2D eigenvalue weighted by molar-refractivity contribution is 5.71. The Morgan fingerprint density at radius 2 is 1.18 bits per heavy atom. The molecule has 1 saturated heterocycles. The van der Waals surface area contributed by atoms with Crippen molar-refractivity contribution in [1.82, 2.24) is 19.9 Å². The first-order chi connectivity index (χ1) is 18.7. The summed E-state index contributed by atoms with van der Waals surface area (Å²) >= 11 is 0. The van der Waals surface area contributed by atoms with Crippen LogP contribution in [0.1, 0.15) is 23.0 Å². The van der Waals surface area contributed by atoms with Gasteiger partial charge in [-0.25, -0.2) is 9.97 Å². The van der Waals surface area contributed by atoms with Crippen molar-refractivity contribution < 1.29 is 0 Å². The SMILES string of the molecule is Cc1nc(-c2cncc(-c3ccccc3)c2)cc(N2CCN(C(c3ccccc3)c3ccccc3)CC2)n1. The first kappa shape index (κ1) is 24.0. The summed E-state index contributed by atoms with van der Waals surface area (Å²) in [5.41, 5.74) is 6.81. The molecule has 5 aromatic rings. The molecule has 3 aromatic carbocycles. The average molecular weight is 498 g/mol. The van der Waals surface area contributed by atoms with E-state index in [9.17, 15) is 0 Å². The van der Waals surface area contributed by atoms with Gasteiger partial charge in [0.2, 0.25) is 0 Å². The maximum absolute atomic E-state index is 4.83. The van der Waals surface area contributed by atoms with Crippen LogP contribution in [0.3, 0.4) is 0 Å². The van der Waals surface area contributed by atoms with Crippen LogP contribution < -0.4 is 4.90 Å². The van der Waals surface area contributed by atoms with Crippen LogP contribution in [-0.2, 0) is 0 Å². The molecule has 0 aliphatic carbocycles. The van der Waals surface area contributed by atoms with E-state index in [1.807, 2.05) is 25.4 Å². The molecule has 0 bridgehead atoms. The summed E-state index contributed by atoms with van der Waals surface area (Å²) in [6.07, 6.45) is 3.79. The number of aromatic nitrogens is 3. The maximum atomic E-state index is 4.83. The third-order valence-electron chi connectivity index (χ3n) is 7.20. The molecule has 38 heavy (non-hydrogen) atoms. The molecule has 5 heteroatoms. The first-order valence-corrected chi connectivity index (χ1v) is 13.2. The van der Waals surface area contributed by atoms with E-state index < -0.39 is 0 Å². The largest absolute Gasteiger partial charge is 0.354 e. The van der Waals surface area contributed by atoms with Crippen LogP contribution in [0.2, 0.25) is 0 Å². The Bertz CT molecular complexity index is 1440. The van der Waals surface area contributed by atoms with E-state index in [1.54, 1.807) is 0 Å². The Morgan fingerprint density at radius 3 is 1.82 bits per heavy atom. The quantitative estimate of drug-likeness (QED) is 0.271. The second-order valence-corrected chi connectivity index (χ2v) is 9.73. The summed E-state index contributed by atoms with van der Waals surface area (Å²) in [5.74, 6) is 1.75. The van der Waals surface area contributed by atoms with E-state index in [0.717, 1.165) is 60.2 Å². The molecule has 5 nitrogen and oxygen atoms in total. The molecule has 1 aliphatic heterocycles. The Labute approximate surface area is 224 Å². The number of piperazine rings is 1. The van der Waals surface area contributed by atoms with Crippen LogP contribution in [0.5, 0.6) is 0 Å². The predicted octanol–water partition coefficient (Wildman–Crippen LogP) is 6.43. The highest BCUT2D eigenvalue weighted by Gasteiger charge is 2.27. The van der Waals surface area contributed by atoms with E-state index in [2.05, 4.69) is 112 Å². The summed E-state index contributed by atoms with van der Waals surface area (Å²) in [4.78, 5) is 19.1. The van der Waals surface area contributed by atoms with Crippen molar-refractivity contribution in [3.63, 3.8) is 0 Å². The minimum absolute atomic E-state index is 0.244. The van der Waals surface area contributed by atoms with E-state index in [0.29, 0.717) is 0 Å². The van der Waals surface area contributed by atoms with Crippen molar-refractivity contribution in [3.8, 4) is 22.4 Å². The number of benzene rings is 3. The fraction of sp³-hybridized carbons (Fsp3) is 0.182. The molecule has 3 heterocycles. The molecule has 1 fully saturated rings. The number of nitrogens with zero attached hydrogens (tertiary/aromatic N) is 5. The minimum atomic E-state index is 0.244. The molecule has 0 amide bonds. The molecule has 6 rings (SSSR count). The lowest BCUT2D eigenvalue weighted by Crippen LogP contribution is -2.48. The molecule has 2 aromatic heterocycles. The van der Waals surface area contributed by atoms with E-state index in [-0.39, 0.29) is 6.04 Å². The van der Waals surface area contributed by atoms with Crippen LogP contribution in [0, 0.1) is 6.92 Å². The van der Waals surface area contributed by atoms with Gasteiger partial charge in [0.25, 0.3) is 0 Å². The molecular weight excluding hydrogens is 466 g/mol. The highest BCUT2D eigenvalue weighted by Crippen LogP contribution is 2.31. The van der Waals surface area contributed by atoms with Crippen molar-refractivity contribution in [3.05, 3.63) is 132 Å². The fourth-order valence-corrected chi connectivity index (χ4v) is 5.32.